The van der Waals surface area contributed by atoms with Crippen LogP contribution in [0.15, 0.2) is 6.07 Å². The number of rotatable bonds is 4. The van der Waals surface area contributed by atoms with E-state index in [0.717, 1.165) is 17.3 Å². The summed E-state index contributed by atoms with van der Waals surface area (Å²) in [5.74, 6) is 1.56. The zero-order chi connectivity index (χ0) is 11.4. The van der Waals surface area contributed by atoms with Crippen LogP contribution in [-0.4, -0.2) is 32.2 Å². The Kier molecular flexibility index (Phi) is 4.20. The Labute approximate surface area is 93.0 Å². The second-order valence-corrected chi connectivity index (χ2v) is 5.43. The van der Waals surface area contributed by atoms with Crippen LogP contribution in [0.25, 0.3) is 0 Å². The smallest absolute Gasteiger partial charge is 0.129 e. The Bertz CT molecular complexity index is 347. The van der Waals surface area contributed by atoms with Gasteiger partial charge < -0.3 is 5.32 Å². The van der Waals surface area contributed by atoms with Gasteiger partial charge in [-0.05, 0) is 20.8 Å². The van der Waals surface area contributed by atoms with Crippen LogP contribution in [0.4, 0.5) is 5.82 Å². The van der Waals surface area contributed by atoms with Crippen molar-refractivity contribution in [3.63, 3.8) is 0 Å². The number of nitrogens with zero attached hydrogens (tertiary/aromatic N) is 2. The molecule has 1 aromatic heterocycles. The zero-order valence-corrected chi connectivity index (χ0v) is 10.4. The van der Waals surface area contributed by atoms with Crippen LogP contribution in [0.1, 0.15) is 18.4 Å². The van der Waals surface area contributed by atoms with E-state index < -0.39 is 10.8 Å². The largest absolute Gasteiger partial charge is 0.369 e. The second-order valence-electron chi connectivity index (χ2n) is 3.63. The van der Waals surface area contributed by atoms with Crippen molar-refractivity contribution in [3.8, 4) is 0 Å². The van der Waals surface area contributed by atoms with E-state index in [4.69, 9.17) is 0 Å². The van der Waals surface area contributed by atoms with Gasteiger partial charge in [-0.1, -0.05) is 0 Å². The van der Waals surface area contributed by atoms with Gasteiger partial charge in [0.1, 0.15) is 11.6 Å². The number of hydrogen-bond donors (Lipinski definition) is 1. The van der Waals surface area contributed by atoms with E-state index in [9.17, 15) is 4.21 Å². The van der Waals surface area contributed by atoms with Crippen molar-refractivity contribution in [2.45, 2.75) is 26.0 Å². The molecule has 2 unspecified atom stereocenters. The molecular formula is C10H17N3OS. The molecule has 0 bridgehead atoms. The van der Waals surface area contributed by atoms with Crippen molar-refractivity contribution >= 4 is 16.6 Å². The van der Waals surface area contributed by atoms with Gasteiger partial charge in [0.2, 0.25) is 0 Å². The summed E-state index contributed by atoms with van der Waals surface area (Å²) in [5, 5.41) is 3.29. The van der Waals surface area contributed by atoms with Gasteiger partial charge in [0, 0.05) is 40.6 Å². The van der Waals surface area contributed by atoms with Crippen LogP contribution in [0.3, 0.4) is 0 Å². The molecule has 0 aliphatic rings. The fraction of sp³-hybridized carbons (Fsp3) is 0.600. The first kappa shape index (κ1) is 12.1. The number of nitrogens with one attached hydrogen (secondary N) is 1. The average Bonchev–Trinajstić information content (AvgIpc) is 2.12. The van der Waals surface area contributed by atoms with Crippen molar-refractivity contribution in [1.82, 2.24) is 9.97 Å². The molecule has 0 saturated carbocycles. The molecule has 4 nitrogen and oxygen atoms in total. The van der Waals surface area contributed by atoms with Crippen LogP contribution < -0.4 is 5.32 Å². The van der Waals surface area contributed by atoms with Crippen molar-refractivity contribution < 1.29 is 4.21 Å². The molecule has 1 N–H and O–H groups in total. The van der Waals surface area contributed by atoms with Crippen molar-refractivity contribution in [2.24, 2.45) is 0 Å². The predicted octanol–water partition coefficient (Wildman–Crippen LogP) is 1.27. The highest BCUT2D eigenvalue weighted by atomic mass is 32.2. The molecule has 0 fully saturated rings. The Morgan fingerprint density at radius 1 is 1.47 bits per heavy atom. The van der Waals surface area contributed by atoms with Crippen molar-refractivity contribution in [3.05, 3.63) is 17.6 Å². The highest BCUT2D eigenvalue weighted by molar-refractivity contribution is 7.84. The molecule has 0 amide bonds. The summed E-state index contributed by atoms with van der Waals surface area (Å²) >= 11 is 0. The van der Waals surface area contributed by atoms with E-state index >= 15 is 0 Å². The van der Waals surface area contributed by atoms with E-state index in [2.05, 4.69) is 15.3 Å². The lowest BCUT2D eigenvalue weighted by atomic mass is 10.4. The third-order valence-corrected chi connectivity index (χ3v) is 3.40. The highest BCUT2D eigenvalue weighted by Crippen LogP contribution is 2.06. The Hall–Kier alpha value is -0.970. The first-order valence-electron chi connectivity index (χ1n) is 4.87. The summed E-state index contributed by atoms with van der Waals surface area (Å²) in [6.07, 6.45) is 1.71. The summed E-state index contributed by atoms with van der Waals surface area (Å²) in [6, 6.07) is 1.89. The SMILES string of the molecule is Cc1cc(NCC(C)S(C)=O)nc(C)n1. The van der Waals surface area contributed by atoms with Gasteiger partial charge in [0.25, 0.3) is 0 Å². The molecule has 0 aliphatic carbocycles. The maximum atomic E-state index is 11.1. The van der Waals surface area contributed by atoms with Gasteiger partial charge in [0.05, 0.1) is 0 Å². The Morgan fingerprint density at radius 3 is 2.67 bits per heavy atom. The summed E-state index contributed by atoms with van der Waals surface area (Å²) in [4.78, 5) is 8.43. The molecular weight excluding hydrogens is 210 g/mol. The predicted molar refractivity (Wildman–Crippen MR) is 63.5 cm³/mol. The monoisotopic (exact) mass is 227 g/mol. The molecule has 0 aliphatic heterocycles. The second kappa shape index (κ2) is 5.21. The molecule has 2 atom stereocenters. The quantitative estimate of drug-likeness (QED) is 0.841. The Balaban J connectivity index is 2.61. The molecule has 0 aromatic carbocycles. The van der Waals surface area contributed by atoms with E-state index in [0.29, 0.717) is 6.54 Å². The third-order valence-electron chi connectivity index (χ3n) is 2.10. The minimum absolute atomic E-state index is 0.126. The highest BCUT2D eigenvalue weighted by Gasteiger charge is 2.06. The van der Waals surface area contributed by atoms with Gasteiger partial charge in [-0.25, -0.2) is 9.97 Å². The standard InChI is InChI=1S/C10H17N3OS/c1-7-5-10(13-9(3)12-7)11-6-8(2)15(4)14/h5,8H,6H2,1-4H3,(H,11,12,13). The van der Waals surface area contributed by atoms with Crippen LogP contribution in [0.5, 0.6) is 0 Å². The molecule has 0 radical (unpaired) electrons. The molecule has 15 heavy (non-hydrogen) atoms. The first-order chi connectivity index (χ1) is 6.99. The van der Waals surface area contributed by atoms with Gasteiger partial charge in [-0.3, -0.25) is 4.21 Å². The van der Waals surface area contributed by atoms with E-state index in [1.807, 2.05) is 26.8 Å². The van der Waals surface area contributed by atoms with Crippen molar-refractivity contribution in [1.29, 1.82) is 0 Å². The first-order valence-corrected chi connectivity index (χ1v) is 6.49. The molecule has 0 spiro atoms. The maximum absolute atomic E-state index is 11.1. The lowest BCUT2D eigenvalue weighted by Crippen LogP contribution is -2.21. The van der Waals surface area contributed by atoms with E-state index in [1.54, 1.807) is 6.26 Å². The molecule has 0 saturated heterocycles. The lowest BCUT2D eigenvalue weighted by molar-refractivity contribution is 0.678. The number of aryl methyl sites for hydroxylation is 2. The van der Waals surface area contributed by atoms with Gasteiger partial charge >= 0.3 is 0 Å². The van der Waals surface area contributed by atoms with E-state index in [1.165, 1.54) is 0 Å². The zero-order valence-electron chi connectivity index (χ0n) is 9.57. The third kappa shape index (κ3) is 3.95. The summed E-state index contributed by atoms with van der Waals surface area (Å²) < 4.78 is 11.1. The topological polar surface area (TPSA) is 54.9 Å². The van der Waals surface area contributed by atoms with Crippen molar-refractivity contribution in [2.75, 3.05) is 18.1 Å². The Morgan fingerprint density at radius 2 is 2.13 bits per heavy atom. The molecule has 84 valence electrons. The summed E-state index contributed by atoms with van der Waals surface area (Å²) in [5.41, 5.74) is 0.940. The minimum atomic E-state index is -0.801. The van der Waals surface area contributed by atoms with Gasteiger partial charge in [0.15, 0.2) is 0 Å². The summed E-state index contributed by atoms with van der Waals surface area (Å²) in [7, 11) is -0.801. The van der Waals surface area contributed by atoms with Gasteiger partial charge in [-0.15, -0.1) is 0 Å². The number of anilines is 1. The summed E-state index contributed by atoms with van der Waals surface area (Å²) in [6.45, 7) is 6.41. The van der Waals surface area contributed by atoms with Crippen LogP contribution in [0, 0.1) is 13.8 Å². The molecule has 5 heteroatoms. The fourth-order valence-electron chi connectivity index (χ4n) is 1.17. The van der Waals surface area contributed by atoms with E-state index in [-0.39, 0.29) is 5.25 Å². The molecule has 1 rings (SSSR count). The molecule has 1 aromatic rings. The maximum Gasteiger partial charge on any atom is 0.129 e. The molecule has 1 heterocycles. The van der Waals surface area contributed by atoms with Crippen LogP contribution >= 0.6 is 0 Å². The average molecular weight is 227 g/mol. The van der Waals surface area contributed by atoms with Crippen LogP contribution in [-0.2, 0) is 10.8 Å². The number of aromatic nitrogens is 2. The van der Waals surface area contributed by atoms with Gasteiger partial charge in [-0.2, -0.15) is 0 Å². The minimum Gasteiger partial charge on any atom is -0.369 e. The lowest BCUT2D eigenvalue weighted by Gasteiger charge is -2.11. The number of hydrogen-bond acceptors (Lipinski definition) is 4. The fourth-order valence-corrected chi connectivity index (χ4v) is 1.49. The normalized spacial score (nSPS) is 14.7. The van der Waals surface area contributed by atoms with Crippen LogP contribution in [0.2, 0.25) is 0 Å².